The Morgan fingerprint density at radius 1 is 1.17 bits per heavy atom. The summed E-state index contributed by atoms with van der Waals surface area (Å²) in [6.45, 7) is 0. The zero-order valence-electron chi connectivity index (χ0n) is 6.47. The molecule has 0 saturated heterocycles. The lowest BCUT2D eigenvalue weighted by molar-refractivity contribution is 0.612. The summed E-state index contributed by atoms with van der Waals surface area (Å²) in [5.41, 5.74) is 0.852. The van der Waals surface area contributed by atoms with Crippen molar-refractivity contribution in [1.29, 1.82) is 0 Å². The molecule has 0 aliphatic rings. The minimum absolute atomic E-state index is 0.852. The molecule has 0 aromatic heterocycles. The Hall–Kier alpha value is -1.09. The second kappa shape index (κ2) is 3.54. The molecule has 0 aliphatic carbocycles. The largest absolute Gasteiger partial charge is 0.224 e. The molecule has 0 fully saturated rings. The van der Waals surface area contributed by atoms with Crippen molar-refractivity contribution in [3.63, 3.8) is 0 Å². The van der Waals surface area contributed by atoms with Crippen LogP contribution in [0.1, 0.15) is 5.56 Å². The molecule has 1 aromatic carbocycles. The lowest BCUT2D eigenvalue weighted by Crippen LogP contribution is -1.83. The van der Waals surface area contributed by atoms with Crippen LogP contribution in [-0.4, -0.2) is 8.42 Å². The maximum absolute atomic E-state index is 10.6. The first kappa shape index (κ1) is 9.00. The van der Waals surface area contributed by atoms with Crippen LogP contribution in [0.3, 0.4) is 0 Å². The fourth-order valence-corrected chi connectivity index (χ4v) is 1.11. The summed E-state index contributed by atoms with van der Waals surface area (Å²) in [5.74, 6) is 0. The first-order valence-electron chi connectivity index (χ1n) is 3.39. The molecule has 0 bridgehead atoms. The maximum atomic E-state index is 10.6. The standard InChI is InChI=1S/C9H9O2S/c1-12(10,11)8-7-9-5-3-2-4-6-9/h2-8H,1H2. The molecular formula is C9H9O2S. The van der Waals surface area contributed by atoms with Gasteiger partial charge in [-0.25, -0.2) is 8.42 Å². The smallest absolute Gasteiger partial charge is 0.172 e. The van der Waals surface area contributed by atoms with E-state index in [1.54, 1.807) is 0 Å². The van der Waals surface area contributed by atoms with Gasteiger partial charge in [-0.2, -0.15) is 0 Å². The molecule has 1 aromatic rings. The van der Waals surface area contributed by atoms with Gasteiger partial charge < -0.3 is 0 Å². The van der Waals surface area contributed by atoms with Crippen LogP contribution < -0.4 is 0 Å². The molecule has 1 radical (unpaired) electrons. The van der Waals surface area contributed by atoms with Crippen molar-refractivity contribution < 1.29 is 8.42 Å². The van der Waals surface area contributed by atoms with Crippen LogP contribution in [0.4, 0.5) is 0 Å². The van der Waals surface area contributed by atoms with E-state index in [0.29, 0.717) is 0 Å². The molecule has 2 nitrogen and oxygen atoms in total. The van der Waals surface area contributed by atoms with Gasteiger partial charge in [0.2, 0.25) is 0 Å². The monoisotopic (exact) mass is 181 g/mol. The Balaban J connectivity index is 2.85. The first-order chi connectivity index (χ1) is 5.58. The molecule has 0 heterocycles. The predicted molar refractivity (Wildman–Crippen MR) is 49.8 cm³/mol. The van der Waals surface area contributed by atoms with Gasteiger partial charge in [0.15, 0.2) is 9.84 Å². The zero-order chi connectivity index (χ0) is 9.03. The number of hydrogen-bond donors (Lipinski definition) is 0. The van der Waals surface area contributed by atoms with E-state index in [-0.39, 0.29) is 0 Å². The van der Waals surface area contributed by atoms with Gasteiger partial charge in [-0.3, -0.25) is 0 Å². The van der Waals surface area contributed by atoms with E-state index >= 15 is 0 Å². The third-order valence-electron chi connectivity index (χ3n) is 1.27. The van der Waals surface area contributed by atoms with Crippen LogP contribution >= 0.6 is 0 Å². The zero-order valence-corrected chi connectivity index (χ0v) is 7.29. The summed E-state index contributed by atoms with van der Waals surface area (Å²) in [6, 6.07) is 9.20. The molecule has 1 rings (SSSR count). The Morgan fingerprint density at radius 3 is 2.25 bits per heavy atom. The van der Waals surface area contributed by atoms with Crippen LogP contribution in [0.5, 0.6) is 0 Å². The van der Waals surface area contributed by atoms with Gasteiger partial charge in [0, 0.05) is 5.41 Å². The lowest BCUT2D eigenvalue weighted by Gasteiger charge is -1.89. The van der Waals surface area contributed by atoms with E-state index in [0.717, 1.165) is 11.0 Å². The fourth-order valence-electron chi connectivity index (χ4n) is 0.746. The summed E-state index contributed by atoms with van der Waals surface area (Å²) in [4.78, 5) is 0. The van der Waals surface area contributed by atoms with Crippen molar-refractivity contribution in [3.05, 3.63) is 47.6 Å². The SMILES string of the molecule is [CH2]S(=O)(=O)C=Cc1ccccc1. The number of rotatable bonds is 2. The van der Waals surface area contributed by atoms with Crippen LogP contribution in [-0.2, 0) is 9.84 Å². The fraction of sp³-hybridized carbons (Fsp3) is 0. The number of hydrogen-bond acceptors (Lipinski definition) is 2. The summed E-state index contributed by atoms with van der Waals surface area (Å²) in [7, 11) is -3.25. The van der Waals surface area contributed by atoms with Crippen molar-refractivity contribution in [2.45, 2.75) is 0 Å². The molecule has 0 N–H and O–H groups in total. The highest BCUT2D eigenvalue weighted by molar-refractivity contribution is 7.95. The molecule has 12 heavy (non-hydrogen) atoms. The highest BCUT2D eigenvalue weighted by Crippen LogP contribution is 2.02. The molecular weight excluding hydrogens is 172 g/mol. The second-order valence-corrected chi connectivity index (χ2v) is 3.97. The van der Waals surface area contributed by atoms with Crippen molar-refractivity contribution in [2.24, 2.45) is 0 Å². The minimum Gasteiger partial charge on any atom is -0.224 e. The average Bonchev–Trinajstić information content (AvgIpc) is 2.02. The third kappa shape index (κ3) is 3.34. The normalized spacial score (nSPS) is 12.1. The van der Waals surface area contributed by atoms with E-state index in [1.165, 1.54) is 6.08 Å². The van der Waals surface area contributed by atoms with Crippen LogP contribution in [0.25, 0.3) is 6.08 Å². The highest BCUT2D eigenvalue weighted by atomic mass is 32.2. The minimum atomic E-state index is -3.25. The van der Waals surface area contributed by atoms with E-state index in [1.807, 2.05) is 30.3 Å². The van der Waals surface area contributed by atoms with E-state index in [9.17, 15) is 8.42 Å². The Morgan fingerprint density at radius 2 is 1.75 bits per heavy atom. The molecule has 0 amide bonds. The molecule has 0 atom stereocenters. The Bertz CT molecular complexity index is 363. The van der Waals surface area contributed by atoms with Gasteiger partial charge in [-0.05, 0) is 11.6 Å². The van der Waals surface area contributed by atoms with Gasteiger partial charge >= 0.3 is 0 Å². The summed E-state index contributed by atoms with van der Waals surface area (Å²) in [5, 5.41) is 1.09. The average molecular weight is 181 g/mol. The van der Waals surface area contributed by atoms with Crippen LogP contribution in [0.15, 0.2) is 35.7 Å². The van der Waals surface area contributed by atoms with Crippen LogP contribution in [0.2, 0.25) is 0 Å². The molecule has 0 aliphatic heterocycles. The van der Waals surface area contributed by atoms with Crippen LogP contribution in [0, 0.1) is 6.26 Å². The van der Waals surface area contributed by atoms with Crippen molar-refractivity contribution in [1.82, 2.24) is 0 Å². The van der Waals surface area contributed by atoms with Gasteiger partial charge in [-0.1, -0.05) is 30.3 Å². The molecule has 0 saturated carbocycles. The van der Waals surface area contributed by atoms with Crippen molar-refractivity contribution >= 4 is 15.9 Å². The van der Waals surface area contributed by atoms with E-state index in [2.05, 4.69) is 6.26 Å². The number of sulfone groups is 1. The summed E-state index contributed by atoms with van der Waals surface area (Å²) < 4.78 is 21.2. The molecule has 0 spiro atoms. The molecule has 3 heteroatoms. The van der Waals surface area contributed by atoms with E-state index < -0.39 is 9.84 Å². The number of benzene rings is 1. The van der Waals surface area contributed by atoms with Gasteiger partial charge in [0.05, 0.1) is 6.26 Å². The first-order valence-corrected chi connectivity index (χ1v) is 5.11. The summed E-state index contributed by atoms with van der Waals surface area (Å²) in [6.07, 6.45) is 4.49. The third-order valence-corrected chi connectivity index (χ3v) is 1.82. The van der Waals surface area contributed by atoms with Gasteiger partial charge in [0.25, 0.3) is 0 Å². The molecule has 63 valence electrons. The van der Waals surface area contributed by atoms with E-state index in [4.69, 9.17) is 0 Å². The van der Waals surface area contributed by atoms with Crippen molar-refractivity contribution in [2.75, 3.05) is 0 Å². The van der Waals surface area contributed by atoms with Crippen molar-refractivity contribution in [3.8, 4) is 0 Å². The quantitative estimate of drug-likeness (QED) is 0.698. The Kier molecular flexibility index (Phi) is 2.65. The predicted octanol–water partition coefficient (Wildman–Crippen LogP) is 1.86. The summed E-state index contributed by atoms with van der Waals surface area (Å²) >= 11 is 0. The topological polar surface area (TPSA) is 34.1 Å². The highest BCUT2D eigenvalue weighted by Gasteiger charge is 1.92. The Labute approximate surface area is 72.5 Å². The van der Waals surface area contributed by atoms with Gasteiger partial charge in [-0.15, -0.1) is 0 Å². The second-order valence-electron chi connectivity index (χ2n) is 2.38. The molecule has 0 unspecified atom stereocenters. The maximum Gasteiger partial charge on any atom is 0.172 e. The lowest BCUT2D eigenvalue weighted by atomic mass is 10.2. The van der Waals surface area contributed by atoms with Gasteiger partial charge in [0.1, 0.15) is 0 Å².